The lowest BCUT2D eigenvalue weighted by atomic mass is 10.1. The topological polar surface area (TPSA) is 86.8 Å². The minimum absolute atomic E-state index is 0.00146. The van der Waals surface area contributed by atoms with Gasteiger partial charge in [0.25, 0.3) is 0 Å². The van der Waals surface area contributed by atoms with Crippen molar-refractivity contribution in [3.63, 3.8) is 0 Å². The van der Waals surface area contributed by atoms with E-state index in [-0.39, 0.29) is 39.2 Å². The molecule has 0 bridgehead atoms. The molecule has 12 heteroatoms. The van der Waals surface area contributed by atoms with Crippen molar-refractivity contribution in [2.75, 3.05) is 17.1 Å². The van der Waals surface area contributed by atoms with E-state index in [1.54, 1.807) is 31.2 Å². The molecule has 192 valence electrons. The Balaban J connectivity index is 2.46. The number of carbonyl (C=O) groups excluding carboxylic acids is 2. The minimum atomic E-state index is -3.97. The number of nitrogens with one attached hydrogen (secondary N) is 1. The van der Waals surface area contributed by atoms with E-state index in [0.717, 1.165) is 10.6 Å². The van der Waals surface area contributed by atoms with E-state index in [0.29, 0.717) is 17.0 Å². The highest BCUT2D eigenvalue weighted by molar-refractivity contribution is 7.92. The van der Waals surface area contributed by atoms with Crippen LogP contribution in [0.5, 0.6) is 0 Å². The molecule has 1 N–H and O–H groups in total. The molecule has 2 amide bonds. The predicted molar refractivity (Wildman–Crippen MR) is 143 cm³/mol. The maximum atomic E-state index is 13.5. The SMILES string of the molecule is CCC(C)NC(=O)C(C)N(Cc1cccc(Cl)c1)C(=O)CN(c1cc(Cl)c(Cl)cc1Cl)S(C)(=O)=O. The number of halogens is 4. The van der Waals surface area contributed by atoms with Gasteiger partial charge < -0.3 is 10.2 Å². The van der Waals surface area contributed by atoms with Crippen molar-refractivity contribution in [3.05, 3.63) is 62.1 Å². The second-order valence-corrected chi connectivity index (χ2v) is 11.7. The Kier molecular flexibility index (Phi) is 10.5. The van der Waals surface area contributed by atoms with Gasteiger partial charge >= 0.3 is 0 Å². The number of anilines is 1. The fourth-order valence-corrected chi connectivity index (χ4v) is 4.94. The van der Waals surface area contributed by atoms with Gasteiger partial charge in [0.2, 0.25) is 21.8 Å². The molecule has 0 fully saturated rings. The van der Waals surface area contributed by atoms with Gasteiger partial charge in [-0.05, 0) is 50.1 Å². The van der Waals surface area contributed by atoms with Crippen molar-refractivity contribution in [1.29, 1.82) is 0 Å². The van der Waals surface area contributed by atoms with Gasteiger partial charge in [-0.2, -0.15) is 0 Å². The Hall–Kier alpha value is -1.71. The van der Waals surface area contributed by atoms with Gasteiger partial charge in [-0.15, -0.1) is 0 Å². The Morgan fingerprint density at radius 2 is 1.63 bits per heavy atom. The first-order valence-corrected chi connectivity index (χ1v) is 14.1. The third kappa shape index (κ3) is 8.15. The van der Waals surface area contributed by atoms with Crippen molar-refractivity contribution in [3.8, 4) is 0 Å². The van der Waals surface area contributed by atoms with Crippen LogP contribution in [-0.4, -0.2) is 50.0 Å². The standard InChI is InChI=1S/C23H27Cl4N3O4S/c1-5-14(2)28-23(32)15(3)29(12-16-7-6-8-17(24)9-16)22(31)13-30(35(4,33)34)21-11-19(26)18(25)10-20(21)27/h6-11,14-15H,5,12-13H2,1-4H3,(H,28,32). The van der Waals surface area contributed by atoms with Gasteiger partial charge in [0.1, 0.15) is 12.6 Å². The minimum Gasteiger partial charge on any atom is -0.352 e. The van der Waals surface area contributed by atoms with Gasteiger partial charge in [-0.1, -0.05) is 65.5 Å². The summed E-state index contributed by atoms with van der Waals surface area (Å²) < 4.78 is 26.1. The highest BCUT2D eigenvalue weighted by atomic mass is 35.5. The Labute approximate surface area is 226 Å². The van der Waals surface area contributed by atoms with Crippen LogP contribution >= 0.6 is 46.4 Å². The van der Waals surface area contributed by atoms with Crippen LogP contribution in [0.25, 0.3) is 0 Å². The summed E-state index contributed by atoms with van der Waals surface area (Å²) in [6.45, 7) is 4.78. The molecule has 7 nitrogen and oxygen atoms in total. The van der Waals surface area contributed by atoms with Gasteiger partial charge in [0.15, 0.2) is 0 Å². The molecule has 2 rings (SSSR count). The summed E-state index contributed by atoms with van der Waals surface area (Å²) in [6.07, 6.45) is 1.65. The van der Waals surface area contributed by atoms with Gasteiger partial charge in [0.05, 0.1) is 27.0 Å². The molecular formula is C23H27Cl4N3O4S. The van der Waals surface area contributed by atoms with Crippen molar-refractivity contribution < 1.29 is 18.0 Å². The molecular weight excluding hydrogens is 556 g/mol. The molecule has 2 unspecified atom stereocenters. The highest BCUT2D eigenvalue weighted by Crippen LogP contribution is 2.35. The largest absolute Gasteiger partial charge is 0.352 e. The average Bonchev–Trinajstić information content (AvgIpc) is 2.77. The predicted octanol–water partition coefficient (Wildman–Crippen LogP) is 5.40. The third-order valence-corrected chi connectivity index (χ3v) is 7.73. The smallest absolute Gasteiger partial charge is 0.244 e. The summed E-state index contributed by atoms with van der Waals surface area (Å²) in [7, 11) is -3.97. The first kappa shape index (κ1) is 29.5. The molecule has 0 radical (unpaired) electrons. The number of rotatable bonds is 10. The summed E-state index contributed by atoms with van der Waals surface area (Å²) in [4.78, 5) is 27.7. The van der Waals surface area contributed by atoms with E-state index < -0.39 is 28.5 Å². The van der Waals surface area contributed by atoms with E-state index in [1.807, 2.05) is 13.8 Å². The maximum Gasteiger partial charge on any atom is 0.244 e. The van der Waals surface area contributed by atoms with E-state index in [9.17, 15) is 18.0 Å². The van der Waals surface area contributed by atoms with Crippen LogP contribution in [0, 0.1) is 0 Å². The van der Waals surface area contributed by atoms with E-state index in [2.05, 4.69) is 5.32 Å². The van der Waals surface area contributed by atoms with Crippen LogP contribution in [0.4, 0.5) is 5.69 Å². The number of hydrogen-bond acceptors (Lipinski definition) is 4. The lowest BCUT2D eigenvalue weighted by molar-refractivity contribution is -0.139. The van der Waals surface area contributed by atoms with E-state index in [1.165, 1.54) is 17.0 Å². The number of carbonyl (C=O) groups is 2. The lowest BCUT2D eigenvalue weighted by Crippen LogP contribution is -2.52. The molecule has 0 spiro atoms. The van der Waals surface area contributed by atoms with Gasteiger partial charge in [-0.25, -0.2) is 8.42 Å². The Morgan fingerprint density at radius 1 is 1.00 bits per heavy atom. The second-order valence-electron chi connectivity index (χ2n) is 8.13. The van der Waals surface area contributed by atoms with Crippen LogP contribution in [0.2, 0.25) is 20.1 Å². The number of sulfonamides is 1. The van der Waals surface area contributed by atoms with Crippen LogP contribution < -0.4 is 9.62 Å². The molecule has 2 aromatic carbocycles. The molecule has 0 saturated carbocycles. The molecule has 35 heavy (non-hydrogen) atoms. The summed E-state index contributed by atoms with van der Waals surface area (Å²) in [5.74, 6) is -0.988. The number of nitrogens with zero attached hydrogens (tertiary/aromatic N) is 2. The van der Waals surface area contributed by atoms with Crippen LogP contribution in [0.1, 0.15) is 32.8 Å². The fraction of sp³-hybridized carbons (Fsp3) is 0.391. The molecule has 0 aliphatic heterocycles. The molecule has 2 aromatic rings. The number of hydrogen-bond donors (Lipinski definition) is 1. The molecule has 2 atom stereocenters. The van der Waals surface area contributed by atoms with Crippen molar-refractivity contribution in [1.82, 2.24) is 10.2 Å². The van der Waals surface area contributed by atoms with Crippen molar-refractivity contribution in [2.45, 2.75) is 45.8 Å². The molecule has 0 aliphatic rings. The normalized spacial score (nSPS) is 13.1. The summed E-state index contributed by atoms with van der Waals surface area (Å²) in [5, 5.41) is 3.53. The molecule has 0 saturated heterocycles. The van der Waals surface area contributed by atoms with E-state index in [4.69, 9.17) is 46.4 Å². The summed E-state index contributed by atoms with van der Waals surface area (Å²) >= 11 is 24.4. The zero-order chi connectivity index (χ0) is 26.5. The van der Waals surface area contributed by atoms with Gasteiger partial charge in [-0.3, -0.25) is 13.9 Å². The fourth-order valence-electron chi connectivity index (χ4n) is 3.18. The maximum absolute atomic E-state index is 13.5. The average molecular weight is 583 g/mol. The zero-order valence-electron chi connectivity index (χ0n) is 19.7. The van der Waals surface area contributed by atoms with Crippen molar-refractivity contribution >= 4 is 73.9 Å². The zero-order valence-corrected chi connectivity index (χ0v) is 23.5. The van der Waals surface area contributed by atoms with Crippen LogP contribution in [0.15, 0.2) is 36.4 Å². The summed E-state index contributed by atoms with van der Waals surface area (Å²) in [6, 6.07) is 8.42. The highest BCUT2D eigenvalue weighted by Gasteiger charge is 2.31. The summed E-state index contributed by atoms with van der Waals surface area (Å²) in [5.41, 5.74) is 0.670. The second kappa shape index (κ2) is 12.5. The first-order chi connectivity index (χ1) is 16.2. The number of amides is 2. The van der Waals surface area contributed by atoms with E-state index >= 15 is 0 Å². The first-order valence-electron chi connectivity index (χ1n) is 10.7. The quantitative estimate of drug-likeness (QED) is 0.380. The molecule has 0 aromatic heterocycles. The monoisotopic (exact) mass is 581 g/mol. The molecule has 0 heterocycles. The number of benzene rings is 2. The molecule has 0 aliphatic carbocycles. The van der Waals surface area contributed by atoms with Gasteiger partial charge in [0, 0.05) is 17.6 Å². The van der Waals surface area contributed by atoms with Crippen molar-refractivity contribution in [2.24, 2.45) is 0 Å². The lowest BCUT2D eigenvalue weighted by Gasteiger charge is -2.32. The van der Waals surface area contributed by atoms with Crippen LogP contribution in [0.3, 0.4) is 0 Å². The van der Waals surface area contributed by atoms with Crippen LogP contribution in [-0.2, 0) is 26.2 Å². The third-order valence-electron chi connectivity index (χ3n) is 5.35. The Bertz CT molecular complexity index is 1190. The Morgan fingerprint density at radius 3 is 2.20 bits per heavy atom.